The number of aliphatic hydroxyl groups is 1. The Morgan fingerprint density at radius 2 is 1.57 bits per heavy atom. The topological polar surface area (TPSA) is 73.2 Å². The first-order valence-corrected chi connectivity index (χ1v) is 12.7. The Hall–Kier alpha value is -3.09. The lowest BCUT2D eigenvalue weighted by Crippen LogP contribution is -2.51. The van der Waals surface area contributed by atoms with Crippen LogP contribution in [0, 0.1) is 0 Å². The number of amides is 1. The first kappa shape index (κ1) is 23.6. The molecule has 184 valence electrons. The summed E-state index contributed by atoms with van der Waals surface area (Å²) in [6.45, 7) is 3.15. The molecule has 2 aliphatic rings. The number of benzene rings is 3. The normalized spacial score (nSPS) is 19.4. The van der Waals surface area contributed by atoms with Gasteiger partial charge in [0.15, 0.2) is 0 Å². The summed E-state index contributed by atoms with van der Waals surface area (Å²) in [4.78, 5) is 15.1. The van der Waals surface area contributed by atoms with Crippen LogP contribution in [0.5, 0.6) is 11.5 Å². The molecule has 3 aromatic rings. The van der Waals surface area contributed by atoms with E-state index in [4.69, 9.17) is 4.74 Å². The van der Waals surface area contributed by atoms with E-state index in [2.05, 4.69) is 35.2 Å². The van der Waals surface area contributed by atoms with E-state index in [1.165, 1.54) is 11.3 Å². The molecule has 1 aliphatic heterocycles. The zero-order valence-electron chi connectivity index (χ0n) is 20.1. The fourth-order valence-electron chi connectivity index (χ4n) is 5.66. The fraction of sp³-hybridized carbons (Fsp3) is 0.414. The molecule has 1 unspecified atom stereocenters. The minimum absolute atomic E-state index is 0.0224. The van der Waals surface area contributed by atoms with Crippen LogP contribution in [-0.4, -0.2) is 64.4 Å². The highest BCUT2D eigenvalue weighted by molar-refractivity contribution is 5.88. The number of carbonyl (C=O) groups is 1. The molecule has 0 radical (unpaired) electrons. The average Bonchev–Trinajstić information content (AvgIpc) is 2.89. The van der Waals surface area contributed by atoms with Crippen LogP contribution in [0.1, 0.15) is 43.6 Å². The molecule has 6 heteroatoms. The van der Waals surface area contributed by atoms with Gasteiger partial charge in [0, 0.05) is 44.0 Å². The van der Waals surface area contributed by atoms with Crippen molar-refractivity contribution in [2.75, 3.05) is 32.7 Å². The van der Waals surface area contributed by atoms with Crippen LogP contribution in [0.2, 0.25) is 0 Å². The highest BCUT2D eigenvalue weighted by Gasteiger charge is 2.40. The zero-order chi connectivity index (χ0) is 24.3. The van der Waals surface area contributed by atoms with E-state index in [9.17, 15) is 15.0 Å². The monoisotopic (exact) mass is 474 g/mol. The smallest absolute Gasteiger partial charge is 0.407 e. The minimum atomic E-state index is -0.853. The third-order valence-electron chi connectivity index (χ3n) is 7.71. The predicted octanol–water partition coefficient (Wildman–Crippen LogP) is 5.71. The molecule has 35 heavy (non-hydrogen) atoms. The van der Waals surface area contributed by atoms with Crippen molar-refractivity contribution < 1.29 is 19.7 Å². The highest BCUT2D eigenvalue weighted by Crippen LogP contribution is 2.41. The van der Waals surface area contributed by atoms with E-state index in [0.717, 1.165) is 60.1 Å². The number of carboxylic acid groups (broad SMARTS) is 1. The average molecular weight is 475 g/mol. The Balaban J connectivity index is 1.35. The Kier molecular flexibility index (Phi) is 6.93. The molecule has 1 saturated heterocycles. The van der Waals surface area contributed by atoms with Crippen LogP contribution in [0.3, 0.4) is 0 Å². The van der Waals surface area contributed by atoms with Crippen LogP contribution in [0.15, 0.2) is 66.7 Å². The molecular weight excluding hydrogens is 440 g/mol. The first-order valence-electron chi connectivity index (χ1n) is 12.7. The van der Waals surface area contributed by atoms with Gasteiger partial charge in [0.25, 0.3) is 0 Å². The molecule has 2 N–H and O–H groups in total. The van der Waals surface area contributed by atoms with E-state index in [0.29, 0.717) is 26.2 Å². The van der Waals surface area contributed by atoms with Crippen molar-refractivity contribution in [1.82, 2.24) is 9.80 Å². The first-order chi connectivity index (χ1) is 17.0. The molecule has 0 bridgehead atoms. The van der Waals surface area contributed by atoms with Crippen LogP contribution >= 0.6 is 0 Å². The minimum Gasteiger partial charge on any atom is -0.465 e. The maximum atomic E-state index is 11.7. The molecule has 1 atom stereocenters. The second-order valence-electron chi connectivity index (χ2n) is 9.94. The molecule has 1 heterocycles. The number of ether oxygens (including phenoxy) is 1. The molecular formula is C29H34N2O4. The van der Waals surface area contributed by atoms with Gasteiger partial charge in [-0.3, -0.25) is 4.90 Å². The number of fused-ring (bicyclic) bond motifs is 1. The van der Waals surface area contributed by atoms with Gasteiger partial charge in [0.1, 0.15) is 11.5 Å². The predicted molar refractivity (Wildman–Crippen MR) is 137 cm³/mol. The second-order valence-corrected chi connectivity index (χ2v) is 9.94. The second kappa shape index (κ2) is 10.3. The standard InChI is InChI=1S/C29H34N2O4/c32-28(33)31-19-17-30(18-20-31)21-26(29(34)15-4-1-5-16-29)23-11-13-24(14-12-23)35-27-10-6-8-22-7-2-3-9-25(22)27/h2-3,6-14,26,34H,1,4-5,15-21H2,(H,32,33). The quantitative estimate of drug-likeness (QED) is 0.479. The number of hydrogen-bond acceptors (Lipinski definition) is 4. The van der Waals surface area contributed by atoms with E-state index >= 15 is 0 Å². The summed E-state index contributed by atoms with van der Waals surface area (Å²) in [7, 11) is 0. The molecule has 0 spiro atoms. The lowest BCUT2D eigenvalue weighted by Gasteiger charge is -2.43. The lowest BCUT2D eigenvalue weighted by molar-refractivity contribution is -0.0338. The van der Waals surface area contributed by atoms with E-state index < -0.39 is 11.7 Å². The summed E-state index contributed by atoms with van der Waals surface area (Å²) in [5, 5.41) is 23.2. The van der Waals surface area contributed by atoms with Crippen molar-refractivity contribution in [2.45, 2.75) is 43.6 Å². The maximum Gasteiger partial charge on any atom is 0.407 e. The van der Waals surface area contributed by atoms with E-state index in [1.54, 1.807) is 0 Å². The van der Waals surface area contributed by atoms with Gasteiger partial charge in [-0.1, -0.05) is 67.8 Å². The Morgan fingerprint density at radius 3 is 2.29 bits per heavy atom. The van der Waals surface area contributed by atoms with Crippen LogP contribution in [-0.2, 0) is 0 Å². The maximum absolute atomic E-state index is 11.7. The zero-order valence-corrected chi connectivity index (χ0v) is 20.1. The van der Waals surface area contributed by atoms with Gasteiger partial charge in [-0.2, -0.15) is 0 Å². The molecule has 1 amide bonds. The third kappa shape index (κ3) is 5.29. The van der Waals surface area contributed by atoms with Gasteiger partial charge in [-0.25, -0.2) is 4.79 Å². The number of nitrogens with zero attached hydrogens (tertiary/aromatic N) is 2. The van der Waals surface area contributed by atoms with Crippen molar-refractivity contribution in [2.24, 2.45) is 0 Å². The van der Waals surface area contributed by atoms with Gasteiger partial charge in [0.05, 0.1) is 5.60 Å². The van der Waals surface area contributed by atoms with Gasteiger partial charge >= 0.3 is 6.09 Å². The van der Waals surface area contributed by atoms with Gasteiger partial charge in [-0.15, -0.1) is 0 Å². The summed E-state index contributed by atoms with van der Waals surface area (Å²) in [6.07, 6.45) is 4.02. The van der Waals surface area contributed by atoms with Gasteiger partial charge in [0.2, 0.25) is 0 Å². The Morgan fingerprint density at radius 1 is 0.886 bits per heavy atom. The van der Waals surface area contributed by atoms with Gasteiger partial charge in [-0.05, 0) is 42.0 Å². The van der Waals surface area contributed by atoms with Crippen molar-refractivity contribution in [1.29, 1.82) is 0 Å². The molecule has 1 saturated carbocycles. The number of hydrogen-bond donors (Lipinski definition) is 2. The highest BCUT2D eigenvalue weighted by atomic mass is 16.5. The van der Waals surface area contributed by atoms with Crippen LogP contribution in [0.25, 0.3) is 10.8 Å². The molecule has 0 aromatic heterocycles. The molecule has 1 aliphatic carbocycles. The summed E-state index contributed by atoms with van der Waals surface area (Å²) >= 11 is 0. The molecule has 5 rings (SSSR count). The summed E-state index contributed by atoms with van der Waals surface area (Å²) in [6, 6.07) is 22.4. The third-order valence-corrected chi connectivity index (χ3v) is 7.71. The van der Waals surface area contributed by atoms with Crippen molar-refractivity contribution in [3.05, 3.63) is 72.3 Å². The Bertz CT molecular complexity index is 1140. The lowest BCUT2D eigenvalue weighted by atomic mass is 9.72. The van der Waals surface area contributed by atoms with Crippen LogP contribution < -0.4 is 4.74 Å². The van der Waals surface area contributed by atoms with Crippen LogP contribution in [0.4, 0.5) is 4.79 Å². The summed E-state index contributed by atoms with van der Waals surface area (Å²) in [5.41, 5.74) is 0.375. The number of piperazine rings is 1. The van der Waals surface area contributed by atoms with E-state index in [1.807, 2.05) is 36.4 Å². The fourth-order valence-corrected chi connectivity index (χ4v) is 5.66. The van der Waals surface area contributed by atoms with Gasteiger partial charge < -0.3 is 19.8 Å². The molecule has 3 aromatic carbocycles. The molecule has 2 fully saturated rings. The largest absolute Gasteiger partial charge is 0.465 e. The van der Waals surface area contributed by atoms with Crippen molar-refractivity contribution in [3.8, 4) is 11.5 Å². The van der Waals surface area contributed by atoms with Crippen molar-refractivity contribution in [3.63, 3.8) is 0 Å². The number of rotatable bonds is 6. The summed E-state index contributed by atoms with van der Waals surface area (Å²) in [5.74, 6) is 1.58. The SMILES string of the molecule is O=C(O)N1CCN(CC(c2ccc(Oc3cccc4ccccc34)cc2)C2(O)CCCCC2)CC1. The Labute approximate surface area is 206 Å². The van der Waals surface area contributed by atoms with E-state index in [-0.39, 0.29) is 5.92 Å². The summed E-state index contributed by atoms with van der Waals surface area (Å²) < 4.78 is 6.25. The molecule has 6 nitrogen and oxygen atoms in total. The van der Waals surface area contributed by atoms with Crippen molar-refractivity contribution >= 4 is 16.9 Å².